The Kier molecular flexibility index (Phi) is 6.56. The lowest BCUT2D eigenvalue weighted by Crippen LogP contribution is -2.24. The summed E-state index contributed by atoms with van der Waals surface area (Å²) in [6.45, 7) is 0. The van der Waals surface area contributed by atoms with E-state index in [1.165, 1.54) is 12.8 Å². The van der Waals surface area contributed by atoms with Crippen LogP contribution in [0.25, 0.3) is 16.6 Å². The average Bonchev–Trinajstić information content (AvgIpc) is 3.63. The predicted molar refractivity (Wildman–Crippen MR) is 131 cm³/mol. The monoisotopic (exact) mass is 475 g/mol. The van der Waals surface area contributed by atoms with Crippen LogP contribution in [0.3, 0.4) is 0 Å². The highest BCUT2D eigenvalue weighted by Crippen LogP contribution is 2.33. The third kappa shape index (κ3) is 4.89. The van der Waals surface area contributed by atoms with Gasteiger partial charge >= 0.3 is 0 Å². The van der Waals surface area contributed by atoms with E-state index in [0.717, 1.165) is 30.3 Å². The Labute approximate surface area is 200 Å². The zero-order valence-corrected chi connectivity index (χ0v) is 18.9. The molecule has 1 aliphatic rings. The van der Waals surface area contributed by atoms with Crippen LogP contribution in [0.1, 0.15) is 30.7 Å². The van der Waals surface area contributed by atoms with Gasteiger partial charge in [-0.15, -0.1) is 0 Å². The van der Waals surface area contributed by atoms with Crippen LogP contribution in [0, 0.1) is 17.2 Å². The standard InChI is InChI=1S/C18H16ClN3O.C5H6N6/c19-14-4-1-5-15-17(14)18(23)22(13-3-2-10-20-11-13)16(21-15)9-8-12-6-7-12;6-1-2-3(7)10-5(9)11-4(2)8/h1-5,10-12H,6-9H2;(H6,7,8,9,10,11). The van der Waals surface area contributed by atoms with Gasteiger partial charge < -0.3 is 17.2 Å². The predicted octanol–water partition coefficient (Wildman–Crippen LogP) is 2.87. The number of rotatable bonds is 4. The van der Waals surface area contributed by atoms with Crippen LogP contribution in [0.4, 0.5) is 17.6 Å². The highest BCUT2D eigenvalue weighted by Gasteiger charge is 2.23. The van der Waals surface area contributed by atoms with Crippen molar-refractivity contribution in [3.63, 3.8) is 0 Å². The summed E-state index contributed by atoms with van der Waals surface area (Å²) in [5.74, 6) is 1.56. The molecule has 0 amide bonds. The van der Waals surface area contributed by atoms with Crippen LogP contribution < -0.4 is 22.8 Å². The number of nitrogens with two attached hydrogens (primary N) is 3. The topological polar surface area (TPSA) is 175 Å². The number of hydrogen-bond donors (Lipinski definition) is 3. The number of nitrogen functional groups attached to an aromatic ring is 3. The highest BCUT2D eigenvalue weighted by molar-refractivity contribution is 6.35. The van der Waals surface area contributed by atoms with Crippen LogP contribution in [-0.2, 0) is 6.42 Å². The third-order valence-electron chi connectivity index (χ3n) is 5.39. The van der Waals surface area contributed by atoms with Gasteiger partial charge in [-0.05, 0) is 36.6 Å². The molecule has 0 unspecified atom stereocenters. The lowest BCUT2D eigenvalue weighted by molar-refractivity contribution is 0.676. The molecule has 34 heavy (non-hydrogen) atoms. The Bertz CT molecular complexity index is 1420. The molecule has 0 spiro atoms. The molecule has 4 aromatic rings. The summed E-state index contributed by atoms with van der Waals surface area (Å²) in [6.07, 6.45) is 7.81. The van der Waals surface area contributed by atoms with Crippen molar-refractivity contribution in [3.05, 3.63) is 69.5 Å². The number of aryl methyl sites for hydroxylation is 1. The molecule has 0 atom stereocenters. The summed E-state index contributed by atoms with van der Waals surface area (Å²) >= 11 is 6.24. The minimum atomic E-state index is -0.126. The van der Waals surface area contributed by atoms with Gasteiger partial charge in [-0.25, -0.2) is 4.98 Å². The Morgan fingerprint density at radius 1 is 1.09 bits per heavy atom. The van der Waals surface area contributed by atoms with Crippen molar-refractivity contribution in [2.45, 2.75) is 25.7 Å². The molecule has 0 bridgehead atoms. The molecule has 10 nitrogen and oxygen atoms in total. The maximum Gasteiger partial charge on any atom is 0.267 e. The van der Waals surface area contributed by atoms with Gasteiger partial charge in [0.15, 0.2) is 0 Å². The van der Waals surface area contributed by atoms with Crippen molar-refractivity contribution in [3.8, 4) is 11.8 Å². The lowest BCUT2D eigenvalue weighted by Gasteiger charge is -2.13. The lowest BCUT2D eigenvalue weighted by atomic mass is 10.2. The van der Waals surface area contributed by atoms with Crippen molar-refractivity contribution >= 4 is 40.1 Å². The molecule has 0 saturated heterocycles. The zero-order chi connectivity index (χ0) is 24.2. The van der Waals surface area contributed by atoms with E-state index in [4.69, 9.17) is 39.0 Å². The van der Waals surface area contributed by atoms with Gasteiger partial charge in [0.05, 0.1) is 27.8 Å². The fraction of sp³-hybridized carbons (Fsp3) is 0.217. The second kappa shape index (κ2) is 9.72. The average molecular weight is 476 g/mol. The fourth-order valence-electron chi connectivity index (χ4n) is 3.52. The van der Waals surface area contributed by atoms with Gasteiger partial charge in [-0.3, -0.25) is 14.3 Å². The smallest absolute Gasteiger partial charge is 0.267 e. The van der Waals surface area contributed by atoms with Crippen molar-refractivity contribution in [2.24, 2.45) is 5.92 Å². The van der Waals surface area contributed by atoms with Gasteiger partial charge in [0.1, 0.15) is 29.1 Å². The van der Waals surface area contributed by atoms with E-state index in [9.17, 15) is 4.79 Å². The molecule has 1 fully saturated rings. The second-order valence-electron chi connectivity index (χ2n) is 7.83. The first-order valence-corrected chi connectivity index (χ1v) is 11.0. The van der Waals surface area contributed by atoms with E-state index in [1.54, 1.807) is 29.1 Å². The molecular formula is C23H22ClN9O. The highest BCUT2D eigenvalue weighted by atomic mass is 35.5. The first-order chi connectivity index (χ1) is 16.4. The molecule has 5 rings (SSSR count). The normalized spacial score (nSPS) is 12.6. The third-order valence-corrected chi connectivity index (χ3v) is 5.70. The summed E-state index contributed by atoms with van der Waals surface area (Å²) in [4.78, 5) is 29.0. The summed E-state index contributed by atoms with van der Waals surface area (Å²) in [6, 6.07) is 10.9. The second-order valence-corrected chi connectivity index (χ2v) is 8.24. The Balaban J connectivity index is 0.000000210. The maximum absolute atomic E-state index is 13.0. The van der Waals surface area contributed by atoms with E-state index < -0.39 is 0 Å². The molecule has 1 saturated carbocycles. The van der Waals surface area contributed by atoms with Crippen molar-refractivity contribution < 1.29 is 0 Å². The minimum absolute atomic E-state index is 0.0116. The number of aromatic nitrogens is 5. The molecule has 3 heterocycles. The number of halogens is 1. The van der Waals surface area contributed by atoms with Crippen molar-refractivity contribution in [1.82, 2.24) is 24.5 Å². The molecule has 3 aromatic heterocycles. The fourth-order valence-corrected chi connectivity index (χ4v) is 3.78. The molecule has 172 valence electrons. The van der Waals surface area contributed by atoms with Crippen LogP contribution >= 0.6 is 11.6 Å². The number of pyridine rings is 1. The summed E-state index contributed by atoms with van der Waals surface area (Å²) < 4.78 is 1.66. The summed E-state index contributed by atoms with van der Waals surface area (Å²) in [5.41, 5.74) is 17.1. The molecule has 1 aliphatic carbocycles. The van der Waals surface area contributed by atoms with Gasteiger partial charge in [-0.2, -0.15) is 15.2 Å². The van der Waals surface area contributed by atoms with Crippen LogP contribution in [0.15, 0.2) is 47.5 Å². The molecule has 11 heteroatoms. The van der Waals surface area contributed by atoms with Crippen LogP contribution in [0.2, 0.25) is 5.02 Å². The minimum Gasteiger partial charge on any atom is -0.382 e. The number of hydrogen-bond acceptors (Lipinski definition) is 9. The largest absolute Gasteiger partial charge is 0.382 e. The van der Waals surface area contributed by atoms with Gasteiger partial charge in [0.2, 0.25) is 5.95 Å². The number of fused-ring (bicyclic) bond motifs is 1. The van der Waals surface area contributed by atoms with Crippen LogP contribution in [-0.4, -0.2) is 24.5 Å². The van der Waals surface area contributed by atoms with E-state index in [-0.39, 0.29) is 28.7 Å². The Hall–Kier alpha value is -4.23. The van der Waals surface area contributed by atoms with E-state index in [2.05, 4.69) is 15.0 Å². The summed E-state index contributed by atoms with van der Waals surface area (Å²) in [5, 5.41) is 9.36. The van der Waals surface area contributed by atoms with Gasteiger partial charge in [0.25, 0.3) is 5.56 Å². The quantitative estimate of drug-likeness (QED) is 0.400. The number of nitriles is 1. The van der Waals surface area contributed by atoms with E-state index in [0.29, 0.717) is 15.9 Å². The molecule has 0 aliphatic heterocycles. The molecule has 6 N–H and O–H groups in total. The summed E-state index contributed by atoms with van der Waals surface area (Å²) in [7, 11) is 0. The first-order valence-electron chi connectivity index (χ1n) is 10.6. The van der Waals surface area contributed by atoms with E-state index in [1.807, 2.05) is 24.3 Å². The molecule has 0 radical (unpaired) electrons. The van der Waals surface area contributed by atoms with Gasteiger partial charge in [0, 0.05) is 12.6 Å². The zero-order valence-electron chi connectivity index (χ0n) is 18.1. The van der Waals surface area contributed by atoms with Crippen molar-refractivity contribution in [2.75, 3.05) is 17.2 Å². The van der Waals surface area contributed by atoms with E-state index >= 15 is 0 Å². The number of anilines is 3. The van der Waals surface area contributed by atoms with Crippen LogP contribution in [0.5, 0.6) is 0 Å². The Morgan fingerprint density at radius 2 is 1.82 bits per heavy atom. The van der Waals surface area contributed by atoms with Gasteiger partial charge in [-0.1, -0.05) is 30.5 Å². The van der Waals surface area contributed by atoms with Crippen molar-refractivity contribution in [1.29, 1.82) is 5.26 Å². The maximum atomic E-state index is 13.0. The number of nitrogens with zero attached hydrogens (tertiary/aromatic N) is 6. The SMILES string of the molecule is N#Cc1c(N)nc(N)nc1N.O=c1c2c(Cl)cccc2nc(CCC2CC2)n1-c1cccnc1. The molecular weight excluding hydrogens is 454 g/mol. The molecule has 1 aromatic carbocycles. The Morgan fingerprint density at radius 3 is 2.44 bits per heavy atom. The number of benzene rings is 1. The first kappa shape index (κ1) is 22.9.